The van der Waals surface area contributed by atoms with Crippen molar-refractivity contribution < 1.29 is 14.7 Å². The summed E-state index contributed by atoms with van der Waals surface area (Å²) >= 11 is 0. The Hall–Kier alpha value is -2.28. The standard InChI is InChI=1S/C10H12N4O2.CH4O/c1-6-9(14-4-5-15)7(2-3-13-6)8(11)10(12)16;1-2/h2-3,5,11,14H,4H2,1H3,(H2,12,16);2H,1H3. The van der Waals surface area contributed by atoms with Crippen LogP contribution in [0.5, 0.6) is 0 Å². The molecule has 1 rings (SSSR count). The Bertz CT molecular complexity index is 446. The van der Waals surface area contributed by atoms with Crippen LogP contribution in [0, 0.1) is 12.3 Å². The molecular formula is C11H16N4O3. The third-order valence-corrected chi connectivity index (χ3v) is 2.02. The number of carbonyl (C=O) groups excluding carboxylic acids is 2. The first-order valence-electron chi connectivity index (χ1n) is 5.04. The number of pyridine rings is 1. The van der Waals surface area contributed by atoms with Gasteiger partial charge in [0.1, 0.15) is 12.0 Å². The Labute approximate surface area is 105 Å². The van der Waals surface area contributed by atoms with Crippen molar-refractivity contribution in [2.24, 2.45) is 5.73 Å². The van der Waals surface area contributed by atoms with E-state index in [1.165, 1.54) is 12.3 Å². The van der Waals surface area contributed by atoms with Crippen molar-refractivity contribution in [3.8, 4) is 0 Å². The zero-order chi connectivity index (χ0) is 14.1. The van der Waals surface area contributed by atoms with Crippen molar-refractivity contribution in [2.45, 2.75) is 6.92 Å². The monoisotopic (exact) mass is 252 g/mol. The van der Waals surface area contributed by atoms with Gasteiger partial charge in [0.25, 0.3) is 5.91 Å². The normalized spacial score (nSPS) is 8.83. The van der Waals surface area contributed by atoms with E-state index in [4.69, 9.17) is 16.2 Å². The lowest BCUT2D eigenvalue weighted by Gasteiger charge is -2.11. The van der Waals surface area contributed by atoms with E-state index in [0.29, 0.717) is 23.2 Å². The number of hydrogen-bond acceptors (Lipinski definition) is 6. The van der Waals surface area contributed by atoms with Gasteiger partial charge in [-0.2, -0.15) is 0 Å². The van der Waals surface area contributed by atoms with Gasteiger partial charge in [0.2, 0.25) is 0 Å². The van der Waals surface area contributed by atoms with Crippen LogP contribution in [0.3, 0.4) is 0 Å². The molecule has 0 fully saturated rings. The molecule has 0 unspecified atom stereocenters. The maximum Gasteiger partial charge on any atom is 0.267 e. The van der Waals surface area contributed by atoms with Crippen molar-refractivity contribution in [1.82, 2.24) is 4.98 Å². The van der Waals surface area contributed by atoms with E-state index in [1.54, 1.807) is 6.92 Å². The van der Waals surface area contributed by atoms with E-state index in [2.05, 4.69) is 10.3 Å². The minimum absolute atomic E-state index is 0.0889. The molecule has 1 amide bonds. The van der Waals surface area contributed by atoms with Crippen LogP contribution in [0.2, 0.25) is 0 Å². The van der Waals surface area contributed by atoms with Gasteiger partial charge in [0.15, 0.2) is 0 Å². The first kappa shape index (κ1) is 15.7. The van der Waals surface area contributed by atoms with Crippen LogP contribution in [0.15, 0.2) is 12.3 Å². The van der Waals surface area contributed by atoms with Crippen LogP contribution >= 0.6 is 0 Å². The van der Waals surface area contributed by atoms with Crippen molar-refractivity contribution >= 4 is 23.6 Å². The second kappa shape index (κ2) is 7.91. The fourth-order valence-electron chi connectivity index (χ4n) is 1.27. The topological polar surface area (TPSA) is 129 Å². The highest BCUT2D eigenvalue weighted by molar-refractivity contribution is 6.44. The number of hydrogen-bond donors (Lipinski definition) is 4. The third kappa shape index (κ3) is 3.95. The summed E-state index contributed by atoms with van der Waals surface area (Å²) in [5.41, 5.74) is 6.16. The Balaban J connectivity index is 0.00000137. The van der Waals surface area contributed by atoms with Crippen molar-refractivity contribution in [3.05, 3.63) is 23.5 Å². The summed E-state index contributed by atoms with van der Waals surface area (Å²) in [6.07, 6.45) is 2.17. The number of aliphatic hydroxyl groups excluding tert-OH is 1. The quantitative estimate of drug-likeness (QED) is 0.413. The van der Waals surface area contributed by atoms with Crippen LogP contribution in [0.4, 0.5) is 5.69 Å². The van der Waals surface area contributed by atoms with Gasteiger partial charge in [-0.1, -0.05) is 0 Å². The summed E-state index contributed by atoms with van der Waals surface area (Å²) in [6.45, 7) is 1.80. The van der Waals surface area contributed by atoms with Crippen LogP contribution in [-0.2, 0) is 9.59 Å². The van der Waals surface area contributed by atoms with E-state index in [9.17, 15) is 9.59 Å². The lowest BCUT2D eigenvalue weighted by atomic mass is 10.1. The minimum atomic E-state index is -0.820. The van der Waals surface area contributed by atoms with Gasteiger partial charge >= 0.3 is 0 Å². The molecule has 0 atom stereocenters. The van der Waals surface area contributed by atoms with Gasteiger partial charge < -0.3 is 21.0 Å². The molecule has 0 aromatic carbocycles. The maximum atomic E-state index is 10.9. The predicted molar refractivity (Wildman–Crippen MR) is 67.7 cm³/mol. The van der Waals surface area contributed by atoms with Gasteiger partial charge in [-0.05, 0) is 13.0 Å². The van der Waals surface area contributed by atoms with Crippen LogP contribution in [0.25, 0.3) is 0 Å². The molecule has 18 heavy (non-hydrogen) atoms. The molecule has 98 valence electrons. The molecule has 0 spiro atoms. The minimum Gasteiger partial charge on any atom is -0.400 e. The Kier molecular flexibility index (Phi) is 6.91. The van der Waals surface area contributed by atoms with Crippen LogP contribution < -0.4 is 11.1 Å². The molecule has 7 nitrogen and oxygen atoms in total. The molecule has 1 aromatic rings. The highest BCUT2D eigenvalue weighted by atomic mass is 16.2. The average molecular weight is 252 g/mol. The molecule has 7 heteroatoms. The number of amides is 1. The average Bonchev–Trinajstić information content (AvgIpc) is 2.38. The van der Waals surface area contributed by atoms with Crippen molar-refractivity contribution in [3.63, 3.8) is 0 Å². The first-order valence-corrected chi connectivity index (χ1v) is 5.04. The Morgan fingerprint density at radius 2 is 2.22 bits per heavy atom. The van der Waals surface area contributed by atoms with Gasteiger partial charge in [-0.3, -0.25) is 15.2 Å². The molecule has 0 aliphatic carbocycles. The number of aromatic nitrogens is 1. The molecule has 5 N–H and O–H groups in total. The van der Waals surface area contributed by atoms with Gasteiger partial charge in [0, 0.05) is 18.9 Å². The summed E-state index contributed by atoms with van der Waals surface area (Å²) in [5, 5.41) is 17.3. The Morgan fingerprint density at radius 3 is 2.72 bits per heavy atom. The molecule has 1 aromatic heterocycles. The fraction of sp³-hybridized carbons (Fsp3) is 0.273. The van der Waals surface area contributed by atoms with Crippen LogP contribution in [-0.4, -0.2) is 41.7 Å². The van der Waals surface area contributed by atoms with E-state index < -0.39 is 5.91 Å². The SMILES string of the molecule is CO.Cc1nccc(C(=N)C(N)=O)c1NCC=O. The molecule has 0 saturated heterocycles. The lowest BCUT2D eigenvalue weighted by molar-refractivity contribution is -0.112. The Morgan fingerprint density at radius 1 is 1.61 bits per heavy atom. The lowest BCUT2D eigenvalue weighted by Crippen LogP contribution is -2.24. The number of anilines is 1. The molecule has 0 saturated carbocycles. The van der Waals surface area contributed by atoms with E-state index >= 15 is 0 Å². The number of aliphatic hydroxyl groups is 1. The summed E-state index contributed by atoms with van der Waals surface area (Å²) in [7, 11) is 1.00. The number of nitrogens with two attached hydrogens (primary N) is 1. The highest BCUT2D eigenvalue weighted by Crippen LogP contribution is 2.18. The fourth-order valence-corrected chi connectivity index (χ4v) is 1.27. The summed E-state index contributed by atoms with van der Waals surface area (Å²) in [5.74, 6) is -0.820. The molecular weight excluding hydrogens is 236 g/mol. The van der Waals surface area contributed by atoms with Gasteiger partial charge in [-0.25, -0.2) is 0 Å². The second-order valence-electron chi connectivity index (χ2n) is 3.11. The first-order chi connectivity index (χ1) is 8.57. The third-order valence-electron chi connectivity index (χ3n) is 2.02. The summed E-state index contributed by atoms with van der Waals surface area (Å²) < 4.78 is 0. The zero-order valence-corrected chi connectivity index (χ0v) is 10.2. The molecule has 0 bridgehead atoms. The van der Waals surface area contributed by atoms with Crippen LogP contribution in [0.1, 0.15) is 11.3 Å². The second-order valence-corrected chi connectivity index (χ2v) is 3.11. The molecule has 0 radical (unpaired) electrons. The number of nitrogens with zero attached hydrogens (tertiary/aromatic N) is 1. The highest BCUT2D eigenvalue weighted by Gasteiger charge is 2.14. The molecule has 1 heterocycles. The number of aldehydes is 1. The van der Waals surface area contributed by atoms with E-state index in [1.807, 2.05) is 0 Å². The van der Waals surface area contributed by atoms with E-state index in [0.717, 1.165) is 7.11 Å². The number of primary amides is 1. The number of aryl methyl sites for hydroxylation is 1. The van der Waals surface area contributed by atoms with Crippen molar-refractivity contribution in [2.75, 3.05) is 19.0 Å². The van der Waals surface area contributed by atoms with Crippen molar-refractivity contribution in [1.29, 1.82) is 5.41 Å². The zero-order valence-electron chi connectivity index (χ0n) is 10.2. The smallest absolute Gasteiger partial charge is 0.267 e. The number of nitrogens with one attached hydrogen (secondary N) is 2. The number of carbonyl (C=O) groups is 2. The predicted octanol–water partition coefficient (Wildman–Crippen LogP) is -0.538. The summed E-state index contributed by atoms with van der Waals surface area (Å²) in [6, 6.07) is 1.51. The maximum absolute atomic E-state index is 10.9. The number of rotatable bonds is 5. The van der Waals surface area contributed by atoms with Gasteiger partial charge in [0.05, 0.1) is 17.9 Å². The van der Waals surface area contributed by atoms with E-state index in [-0.39, 0.29) is 12.3 Å². The van der Waals surface area contributed by atoms with Gasteiger partial charge in [-0.15, -0.1) is 0 Å². The largest absolute Gasteiger partial charge is 0.400 e. The summed E-state index contributed by atoms with van der Waals surface area (Å²) in [4.78, 5) is 25.2. The molecule has 0 aliphatic heterocycles. The molecule has 0 aliphatic rings.